The number of pyridine rings is 1. The zero-order valence-electron chi connectivity index (χ0n) is 12.2. The predicted molar refractivity (Wildman–Crippen MR) is 76.1 cm³/mol. The molecule has 1 heterocycles. The lowest BCUT2D eigenvalue weighted by molar-refractivity contribution is -0.139. The van der Waals surface area contributed by atoms with Crippen molar-refractivity contribution < 1.29 is 44.1 Å². The Kier molecular flexibility index (Phi) is 8.87. The molecule has 0 amide bonds. The van der Waals surface area contributed by atoms with Crippen molar-refractivity contribution in [2.45, 2.75) is 26.2 Å². The third kappa shape index (κ3) is 8.00. The molecule has 0 spiro atoms. The summed E-state index contributed by atoms with van der Waals surface area (Å²) in [7, 11) is -4.60. The molecule has 23 heavy (non-hydrogen) atoms. The van der Waals surface area contributed by atoms with Gasteiger partial charge in [0.05, 0.1) is 25.5 Å². The molecule has 11 nitrogen and oxygen atoms in total. The first-order chi connectivity index (χ1) is 10.5. The molecule has 0 saturated carbocycles. The Morgan fingerprint density at radius 3 is 2.35 bits per heavy atom. The Hall–Kier alpha value is -1.59. The Labute approximate surface area is 131 Å². The fraction of sp³-hybridized carbons (Fsp3) is 0.455. The molecule has 0 saturated heterocycles. The molecule has 0 aliphatic heterocycles. The number of aliphatic hydroxyl groups excluding tert-OH is 2. The molecular weight excluding hydrogens is 335 g/mol. The van der Waals surface area contributed by atoms with Gasteiger partial charge in [0.2, 0.25) is 0 Å². The number of aromatic nitrogens is 1. The van der Waals surface area contributed by atoms with Gasteiger partial charge >= 0.3 is 13.8 Å². The maximum absolute atomic E-state index is 9.98. The Balaban J connectivity index is 0.000000423. The summed E-state index contributed by atoms with van der Waals surface area (Å²) in [6, 6.07) is -1.41. The second kappa shape index (κ2) is 9.53. The van der Waals surface area contributed by atoms with Gasteiger partial charge in [-0.3, -0.25) is 14.3 Å². The minimum atomic E-state index is -4.60. The number of hydrogen-bond donors (Lipinski definition) is 7. The van der Waals surface area contributed by atoms with Gasteiger partial charge in [0.25, 0.3) is 0 Å². The second-order valence-electron chi connectivity index (χ2n) is 4.24. The van der Waals surface area contributed by atoms with Crippen molar-refractivity contribution in [2.24, 2.45) is 5.73 Å². The van der Waals surface area contributed by atoms with Crippen LogP contribution in [0.15, 0.2) is 6.20 Å². The predicted octanol–water partition coefficient (Wildman–Crippen LogP) is -1.41. The quantitative estimate of drug-likeness (QED) is 0.295. The largest absolute Gasteiger partial charge is 0.506 e. The maximum atomic E-state index is 9.98. The average molecular weight is 354 g/mol. The van der Waals surface area contributed by atoms with Gasteiger partial charge in [-0.05, 0) is 6.92 Å². The molecule has 0 aliphatic rings. The molecule has 0 radical (unpaired) electrons. The lowest BCUT2D eigenvalue weighted by Gasteiger charge is -2.07. The van der Waals surface area contributed by atoms with E-state index in [1.165, 1.54) is 6.20 Å². The van der Waals surface area contributed by atoms with Gasteiger partial charge in [-0.1, -0.05) is 0 Å². The first-order valence-electron chi connectivity index (χ1n) is 6.10. The van der Waals surface area contributed by atoms with Crippen LogP contribution in [0.5, 0.6) is 5.75 Å². The molecule has 0 bridgehead atoms. The van der Waals surface area contributed by atoms with Gasteiger partial charge in [-0.2, -0.15) is 0 Å². The van der Waals surface area contributed by atoms with Gasteiger partial charge in [0.1, 0.15) is 11.8 Å². The summed E-state index contributed by atoms with van der Waals surface area (Å²) in [5, 5.41) is 35.2. The molecule has 1 unspecified atom stereocenters. The minimum absolute atomic E-state index is 0.0379. The summed E-state index contributed by atoms with van der Waals surface area (Å²) in [6.07, 6.45) is 1.45. The lowest BCUT2D eigenvalue weighted by Crippen LogP contribution is -2.34. The standard InChI is InChI=1S/C8H11NO3.C3H8NO6P/c1-5-8(12)7(4-11)6(3-10)2-9-5;4-2(3(5)6)1-10-11(7,8)9/h2,10-12H,3-4H2,1H3;2H,1,4H2,(H,5,6)(H2,7,8,9). The average Bonchev–Trinajstić information content (AvgIpc) is 2.47. The summed E-state index contributed by atoms with van der Waals surface area (Å²) < 4.78 is 13.8. The third-order valence-electron chi connectivity index (χ3n) is 2.50. The van der Waals surface area contributed by atoms with Crippen molar-refractivity contribution in [1.82, 2.24) is 4.98 Å². The van der Waals surface area contributed by atoms with Crippen LogP contribution in [0, 0.1) is 6.92 Å². The number of phosphoric ester groups is 1. The highest BCUT2D eigenvalue weighted by molar-refractivity contribution is 7.46. The van der Waals surface area contributed by atoms with E-state index in [0.29, 0.717) is 16.8 Å². The van der Waals surface area contributed by atoms with Crippen LogP contribution in [0.25, 0.3) is 0 Å². The lowest BCUT2D eigenvalue weighted by atomic mass is 10.1. The van der Waals surface area contributed by atoms with E-state index in [1.54, 1.807) is 6.92 Å². The topological polar surface area (TPSA) is 204 Å². The summed E-state index contributed by atoms with van der Waals surface area (Å²) in [6.45, 7) is 0.414. The smallest absolute Gasteiger partial charge is 0.469 e. The van der Waals surface area contributed by atoms with E-state index in [9.17, 15) is 14.5 Å². The number of carboxylic acids is 1. The molecule has 1 aromatic rings. The zero-order valence-corrected chi connectivity index (χ0v) is 13.1. The van der Waals surface area contributed by atoms with Gasteiger partial charge in [-0.25, -0.2) is 4.57 Å². The van der Waals surface area contributed by atoms with E-state index in [2.05, 4.69) is 9.51 Å². The van der Waals surface area contributed by atoms with Crippen LogP contribution in [0.4, 0.5) is 0 Å². The van der Waals surface area contributed by atoms with Gasteiger partial charge in [0.15, 0.2) is 0 Å². The number of nitrogens with zero attached hydrogens (tertiary/aromatic N) is 1. The van der Waals surface area contributed by atoms with E-state index in [1.807, 2.05) is 0 Å². The highest BCUT2D eigenvalue weighted by Crippen LogP contribution is 2.35. The first kappa shape index (κ1) is 21.4. The number of aliphatic hydroxyl groups is 2. The number of phosphoric acid groups is 1. The first-order valence-corrected chi connectivity index (χ1v) is 7.63. The molecule has 1 rings (SSSR count). The number of aryl methyl sites for hydroxylation is 1. The third-order valence-corrected chi connectivity index (χ3v) is 2.98. The Bertz CT molecular complexity index is 575. The van der Waals surface area contributed by atoms with Crippen LogP contribution < -0.4 is 5.73 Å². The van der Waals surface area contributed by atoms with Gasteiger partial charge < -0.3 is 35.9 Å². The van der Waals surface area contributed by atoms with E-state index in [4.69, 9.17) is 30.8 Å². The Morgan fingerprint density at radius 2 is 1.96 bits per heavy atom. The summed E-state index contributed by atoms with van der Waals surface area (Å²) >= 11 is 0. The molecule has 12 heteroatoms. The number of aliphatic carboxylic acids is 1. The van der Waals surface area contributed by atoms with E-state index in [-0.39, 0.29) is 19.0 Å². The number of nitrogens with two attached hydrogens (primary N) is 1. The van der Waals surface area contributed by atoms with Crippen LogP contribution in [-0.4, -0.2) is 53.8 Å². The number of aromatic hydroxyl groups is 1. The molecule has 0 aliphatic carbocycles. The monoisotopic (exact) mass is 354 g/mol. The number of carbonyl (C=O) groups is 1. The Morgan fingerprint density at radius 1 is 1.39 bits per heavy atom. The van der Waals surface area contributed by atoms with Crippen molar-refractivity contribution in [3.05, 3.63) is 23.0 Å². The van der Waals surface area contributed by atoms with Crippen LogP contribution in [-0.2, 0) is 27.1 Å². The second-order valence-corrected chi connectivity index (χ2v) is 5.48. The SMILES string of the molecule is Cc1ncc(CO)c(CO)c1O.NC(COP(=O)(O)O)C(=O)O. The molecular formula is C11H19N2O9P. The van der Waals surface area contributed by atoms with E-state index >= 15 is 0 Å². The molecule has 0 aromatic carbocycles. The van der Waals surface area contributed by atoms with E-state index < -0.39 is 26.4 Å². The van der Waals surface area contributed by atoms with Crippen molar-refractivity contribution in [3.63, 3.8) is 0 Å². The fourth-order valence-electron chi connectivity index (χ4n) is 1.25. The van der Waals surface area contributed by atoms with Crippen molar-refractivity contribution in [3.8, 4) is 5.75 Å². The maximum Gasteiger partial charge on any atom is 0.469 e. The van der Waals surface area contributed by atoms with Crippen molar-refractivity contribution in [1.29, 1.82) is 0 Å². The zero-order chi connectivity index (χ0) is 18.2. The van der Waals surface area contributed by atoms with Gasteiger partial charge in [-0.15, -0.1) is 0 Å². The van der Waals surface area contributed by atoms with Crippen LogP contribution >= 0.6 is 7.82 Å². The normalized spacial score (nSPS) is 12.3. The fourth-order valence-corrected chi connectivity index (χ4v) is 1.60. The van der Waals surface area contributed by atoms with E-state index in [0.717, 1.165) is 0 Å². The van der Waals surface area contributed by atoms with Crippen molar-refractivity contribution >= 4 is 13.8 Å². The number of carboxylic acid groups (broad SMARTS) is 1. The number of hydrogen-bond acceptors (Lipinski definition) is 8. The molecule has 8 N–H and O–H groups in total. The van der Waals surface area contributed by atoms with Crippen molar-refractivity contribution in [2.75, 3.05) is 6.61 Å². The van der Waals surface area contributed by atoms with Crippen LogP contribution in [0.1, 0.15) is 16.8 Å². The molecule has 1 aromatic heterocycles. The number of rotatable bonds is 6. The highest BCUT2D eigenvalue weighted by atomic mass is 31.2. The van der Waals surface area contributed by atoms with Gasteiger partial charge in [0, 0.05) is 17.3 Å². The van der Waals surface area contributed by atoms with Crippen LogP contribution in [0.3, 0.4) is 0 Å². The molecule has 0 fully saturated rings. The molecule has 132 valence electrons. The summed E-state index contributed by atoms with van der Waals surface area (Å²) in [5.74, 6) is -1.41. The molecule has 1 atom stereocenters. The highest BCUT2D eigenvalue weighted by Gasteiger charge is 2.19. The minimum Gasteiger partial charge on any atom is -0.506 e. The summed E-state index contributed by atoms with van der Waals surface area (Å²) in [5.41, 5.74) is 6.12. The summed E-state index contributed by atoms with van der Waals surface area (Å²) in [4.78, 5) is 30.0. The van der Waals surface area contributed by atoms with Crippen LogP contribution in [0.2, 0.25) is 0 Å².